The van der Waals surface area contributed by atoms with Gasteiger partial charge in [0.2, 0.25) is 0 Å². The maximum atomic E-state index is 13.0. The summed E-state index contributed by atoms with van der Waals surface area (Å²) in [4.78, 5) is 21.7. The van der Waals surface area contributed by atoms with Crippen molar-refractivity contribution in [1.82, 2.24) is 20.0 Å². The summed E-state index contributed by atoms with van der Waals surface area (Å²) < 4.78 is 14.4. The zero-order valence-corrected chi connectivity index (χ0v) is 12.3. The molecule has 0 fully saturated rings. The molecule has 0 atom stereocenters. The summed E-state index contributed by atoms with van der Waals surface area (Å²) >= 11 is 0.952. The number of rotatable bonds is 4. The van der Waals surface area contributed by atoms with E-state index in [-0.39, 0.29) is 17.1 Å². The lowest BCUT2D eigenvalue weighted by Gasteiger charge is -2.06. The first-order chi connectivity index (χ1) is 11.0. The first-order valence-corrected chi connectivity index (χ1v) is 7.22. The van der Waals surface area contributed by atoms with Gasteiger partial charge in [0.25, 0.3) is 0 Å². The molecule has 0 unspecified atom stereocenters. The van der Waals surface area contributed by atoms with Gasteiger partial charge in [-0.2, -0.15) is 10.2 Å². The van der Waals surface area contributed by atoms with Crippen molar-refractivity contribution in [3.8, 4) is 5.69 Å². The zero-order valence-electron chi connectivity index (χ0n) is 11.5. The monoisotopic (exact) mass is 335 g/mol. The molecular formula is C13H10FN5O3S. The fourth-order valence-corrected chi connectivity index (χ4v) is 2.60. The molecule has 0 saturated heterocycles. The van der Waals surface area contributed by atoms with Crippen LogP contribution >= 0.6 is 11.3 Å². The summed E-state index contributed by atoms with van der Waals surface area (Å²) in [5.41, 5.74) is 1.01. The largest absolute Gasteiger partial charge is 0.465 e. The maximum absolute atomic E-state index is 13.0. The minimum absolute atomic E-state index is 0.210. The number of aromatic amines is 1. The van der Waals surface area contributed by atoms with Crippen molar-refractivity contribution in [2.75, 3.05) is 5.32 Å². The lowest BCUT2D eigenvalue weighted by molar-refractivity contribution is 0.209. The smallest absolute Gasteiger partial charge is 0.410 e. The number of amides is 1. The molecule has 0 aliphatic carbocycles. The Balaban J connectivity index is 1.97. The number of carboxylic acid groups (broad SMARTS) is 1. The molecule has 1 aromatic carbocycles. The van der Waals surface area contributed by atoms with Crippen LogP contribution in [0, 0.1) is 5.82 Å². The lowest BCUT2D eigenvalue weighted by atomic mass is 10.3. The van der Waals surface area contributed by atoms with E-state index < -0.39 is 11.9 Å². The van der Waals surface area contributed by atoms with Crippen molar-refractivity contribution in [1.29, 1.82) is 0 Å². The number of H-pyrrole nitrogens is 1. The van der Waals surface area contributed by atoms with E-state index >= 15 is 0 Å². The van der Waals surface area contributed by atoms with Gasteiger partial charge in [-0.1, -0.05) is 11.3 Å². The number of benzene rings is 1. The number of nitrogens with zero attached hydrogens (tertiary/aromatic N) is 3. The predicted octanol–water partition coefficient (Wildman–Crippen LogP) is 1.84. The van der Waals surface area contributed by atoms with Gasteiger partial charge in [0, 0.05) is 12.5 Å². The fourth-order valence-electron chi connectivity index (χ4n) is 1.99. The van der Waals surface area contributed by atoms with Crippen LogP contribution < -0.4 is 10.2 Å². The van der Waals surface area contributed by atoms with E-state index in [1.807, 2.05) is 0 Å². The Morgan fingerprint density at radius 2 is 2.13 bits per heavy atom. The van der Waals surface area contributed by atoms with E-state index in [2.05, 4.69) is 20.6 Å². The van der Waals surface area contributed by atoms with Gasteiger partial charge in [-0.25, -0.2) is 19.0 Å². The van der Waals surface area contributed by atoms with Gasteiger partial charge in [-0.05, 0) is 24.3 Å². The van der Waals surface area contributed by atoms with E-state index in [9.17, 15) is 14.0 Å². The summed E-state index contributed by atoms with van der Waals surface area (Å²) in [6.45, 7) is 0. The second kappa shape index (κ2) is 6.01. The summed E-state index contributed by atoms with van der Waals surface area (Å²) in [7, 11) is 0. The third-order valence-corrected chi connectivity index (χ3v) is 3.63. The van der Waals surface area contributed by atoms with Crippen LogP contribution in [0.4, 0.5) is 15.0 Å². The van der Waals surface area contributed by atoms with Crippen molar-refractivity contribution in [2.24, 2.45) is 0 Å². The minimum Gasteiger partial charge on any atom is -0.465 e. The number of anilines is 1. The number of nitrogens with one attached hydrogen (secondary N) is 2. The lowest BCUT2D eigenvalue weighted by Crippen LogP contribution is -2.11. The van der Waals surface area contributed by atoms with Gasteiger partial charge in [0.15, 0.2) is 0 Å². The molecule has 0 aliphatic heterocycles. The Morgan fingerprint density at radius 1 is 1.39 bits per heavy atom. The van der Waals surface area contributed by atoms with E-state index in [0.717, 1.165) is 11.3 Å². The number of carbonyl (C=O) groups is 1. The fraction of sp³-hybridized carbons (Fsp3) is 0.0769. The number of halogens is 1. The maximum Gasteiger partial charge on any atom is 0.410 e. The topological polar surface area (TPSA) is 113 Å². The van der Waals surface area contributed by atoms with Crippen molar-refractivity contribution < 1.29 is 14.3 Å². The molecule has 0 saturated carbocycles. The third kappa shape index (κ3) is 3.43. The predicted molar refractivity (Wildman–Crippen MR) is 80.7 cm³/mol. The van der Waals surface area contributed by atoms with Crippen LogP contribution in [0.2, 0.25) is 0 Å². The number of hydrogen-bond donors (Lipinski definition) is 3. The molecule has 0 spiro atoms. The Hall–Kier alpha value is -3.01. The van der Waals surface area contributed by atoms with E-state index in [4.69, 9.17) is 5.11 Å². The minimum atomic E-state index is -1.25. The molecule has 0 radical (unpaired) electrons. The summed E-state index contributed by atoms with van der Waals surface area (Å²) in [6, 6.07) is 6.99. The van der Waals surface area contributed by atoms with Gasteiger partial charge >= 0.3 is 11.0 Å². The Bertz CT molecular complexity index is 899. The van der Waals surface area contributed by atoms with Crippen LogP contribution in [0.5, 0.6) is 0 Å². The Morgan fingerprint density at radius 3 is 2.74 bits per heavy atom. The first-order valence-electron chi connectivity index (χ1n) is 6.40. The highest BCUT2D eigenvalue weighted by Crippen LogP contribution is 2.19. The molecule has 2 heterocycles. The average Bonchev–Trinajstić information content (AvgIpc) is 3.06. The summed E-state index contributed by atoms with van der Waals surface area (Å²) in [5.74, 6) is -0.197. The Kier molecular flexibility index (Phi) is 3.89. The standard InChI is InChI=1S/C13H10FN5O3S/c14-7-1-3-9(4-2-7)19-10(15-12(20)21)5-8(18-19)6-11-16-17-13(22)23-11/h1-5,15H,6H2,(H,17,22)(H,20,21). The molecule has 3 N–H and O–H groups in total. The van der Waals surface area contributed by atoms with Crippen molar-refractivity contribution in [2.45, 2.75) is 6.42 Å². The third-order valence-electron chi connectivity index (χ3n) is 2.88. The summed E-state index contributed by atoms with van der Waals surface area (Å²) in [5, 5.41) is 22.1. The van der Waals surface area contributed by atoms with Crippen LogP contribution in [-0.2, 0) is 6.42 Å². The van der Waals surface area contributed by atoms with Gasteiger partial charge in [0.1, 0.15) is 16.6 Å². The van der Waals surface area contributed by atoms with Crippen LogP contribution in [0.25, 0.3) is 5.69 Å². The molecule has 10 heteroatoms. The van der Waals surface area contributed by atoms with Crippen LogP contribution in [0.3, 0.4) is 0 Å². The molecule has 3 aromatic rings. The van der Waals surface area contributed by atoms with Crippen LogP contribution in [0.15, 0.2) is 35.1 Å². The van der Waals surface area contributed by atoms with Gasteiger partial charge in [-0.15, -0.1) is 0 Å². The van der Waals surface area contributed by atoms with Crippen molar-refractivity contribution in [3.63, 3.8) is 0 Å². The molecule has 2 aromatic heterocycles. The highest BCUT2D eigenvalue weighted by Gasteiger charge is 2.13. The highest BCUT2D eigenvalue weighted by atomic mass is 32.1. The highest BCUT2D eigenvalue weighted by molar-refractivity contribution is 7.08. The zero-order chi connectivity index (χ0) is 16.4. The second-order valence-electron chi connectivity index (χ2n) is 4.52. The molecule has 0 aliphatic rings. The molecule has 8 nitrogen and oxygen atoms in total. The summed E-state index contributed by atoms with van der Waals surface area (Å²) in [6.07, 6.45) is -0.976. The number of hydrogen-bond acceptors (Lipinski definition) is 5. The van der Waals surface area contributed by atoms with E-state index in [1.165, 1.54) is 35.0 Å². The van der Waals surface area contributed by atoms with Gasteiger partial charge < -0.3 is 5.11 Å². The average molecular weight is 335 g/mol. The SMILES string of the molecule is O=C(O)Nc1cc(Cc2n[nH]c(=O)s2)nn1-c1ccc(F)cc1. The molecule has 118 valence electrons. The molecule has 3 rings (SSSR count). The van der Waals surface area contributed by atoms with Gasteiger partial charge in [-0.3, -0.25) is 10.1 Å². The quantitative estimate of drug-likeness (QED) is 0.673. The molecule has 23 heavy (non-hydrogen) atoms. The van der Waals surface area contributed by atoms with Crippen molar-refractivity contribution >= 4 is 23.2 Å². The van der Waals surface area contributed by atoms with Crippen molar-refractivity contribution in [3.05, 3.63) is 56.5 Å². The normalized spacial score (nSPS) is 10.7. The number of aromatic nitrogens is 4. The molecular weight excluding hydrogens is 325 g/mol. The second-order valence-corrected chi connectivity index (χ2v) is 5.57. The van der Waals surface area contributed by atoms with Crippen LogP contribution in [-0.4, -0.2) is 31.2 Å². The van der Waals surface area contributed by atoms with Gasteiger partial charge in [0.05, 0.1) is 11.4 Å². The Labute approximate surface area is 132 Å². The molecule has 1 amide bonds. The van der Waals surface area contributed by atoms with E-state index in [1.54, 1.807) is 0 Å². The first kappa shape index (κ1) is 14.9. The molecule has 0 bridgehead atoms. The van der Waals surface area contributed by atoms with E-state index in [0.29, 0.717) is 16.4 Å². The van der Waals surface area contributed by atoms with Crippen LogP contribution in [0.1, 0.15) is 10.7 Å².